The van der Waals surface area contributed by atoms with Gasteiger partial charge in [-0.25, -0.2) is 9.37 Å². The van der Waals surface area contributed by atoms with Gasteiger partial charge in [0.2, 0.25) is 0 Å². The largest absolute Gasteiger partial charge is 0.377 e. The van der Waals surface area contributed by atoms with Crippen molar-refractivity contribution in [1.29, 1.82) is 0 Å². The maximum absolute atomic E-state index is 13.6. The van der Waals surface area contributed by atoms with Crippen LogP contribution in [0.2, 0.25) is 0 Å². The van der Waals surface area contributed by atoms with E-state index in [9.17, 15) is 9.18 Å². The minimum Gasteiger partial charge on any atom is -0.377 e. The highest BCUT2D eigenvalue weighted by molar-refractivity contribution is 5.79. The number of aromatic nitrogens is 2. The Morgan fingerprint density at radius 3 is 2.87 bits per heavy atom. The highest BCUT2D eigenvalue weighted by Gasteiger charge is 2.11. The van der Waals surface area contributed by atoms with Gasteiger partial charge in [-0.2, -0.15) is 0 Å². The Balaban J connectivity index is 2.09. The van der Waals surface area contributed by atoms with Crippen molar-refractivity contribution in [3.63, 3.8) is 0 Å². The van der Waals surface area contributed by atoms with E-state index in [2.05, 4.69) is 9.97 Å². The summed E-state index contributed by atoms with van der Waals surface area (Å²) >= 11 is 0. The fraction of sp³-hybridized carbons (Fsp3) is 0.222. The van der Waals surface area contributed by atoms with Gasteiger partial charge in [0, 0.05) is 12.2 Å². The first kappa shape index (κ1) is 15.4. The molecule has 1 aromatic heterocycles. The standard InChI is InChI=1S/C18H17FN2O2/c1-2-9-23-11-12-10-13(19)7-8-14(12)17-20-16-6-4-3-5-15(16)18(22)21-17/h3-8,10H,2,9,11H2,1H3,(H,20,21,22). The molecular weight excluding hydrogens is 295 g/mol. The number of para-hydroxylation sites is 1. The van der Waals surface area contributed by atoms with Gasteiger partial charge in [0.25, 0.3) is 5.56 Å². The summed E-state index contributed by atoms with van der Waals surface area (Å²) in [5, 5.41) is 0.530. The van der Waals surface area contributed by atoms with Crippen LogP contribution >= 0.6 is 0 Å². The van der Waals surface area contributed by atoms with Crippen LogP contribution in [0.15, 0.2) is 47.3 Å². The molecule has 1 heterocycles. The van der Waals surface area contributed by atoms with Crippen LogP contribution in [0.25, 0.3) is 22.3 Å². The van der Waals surface area contributed by atoms with Crippen molar-refractivity contribution >= 4 is 10.9 Å². The molecule has 1 N–H and O–H groups in total. The Kier molecular flexibility index (Phi) is 4.48. The number of nitrogens with one attached hydrogen (secondary N) is 1. The molecule has 0 aliphatic carbocycles. The molecule has 118 valence electrons. The Hall–Kier alpha value is -2.53. The van der Waals surface area contributed by atoms with Crippen LogP contribution in [0.1, 0.15) is 18.9 Å². The van der Waals surface area contributed by atoms with Crippen LogP contribution in [0.4, 0.5) is 4.39 Å². The van der Waals surface area contributed by atoms with Crippen molar-refractivity contribution in [2.24, 2.45) is 0 Å². The van der Waals surface area contributed by atoms with E-state index in [1.165, 1.54) is 12.1 Å². The Morgan fingerprint density at radius 2 is 2.04 bits per heavy atom. The molecule has 2 aromatic carbocycles. The molecular formula is C18H17FN2O2. The molecule has 5 heteroatoms. The quantitative estimate of drug-likeness (QED) is 0.732. The molecule has 0 atom stereocenters. The van der Waals surface area contributed by atoms with Crippen molar-refractivity contribution in [3.05, 3.63) is 64.2 Å². The Morgan fingerprint density at radius 1 is 1.22 bits per heavy atom. The number of fused-ring (bicyclic) bond motifs is 1. The second-order valence-corrected chi connectivity index (χ2v) is 5.29. The van der Waals surface area contributed by atoms with Crippen LogP contribution in [-0.2, 0) is 11.3 Å². The van der Waals surface area contributed by atoms with Gasteiger partial charge in [0.1, 0.15) is 11.6 Å². The highest BCUT2D eigenvalue weighted by atomic mass is 19.1. The summed E-state index contributed by atoms with van der Waals surface area (Å²) in [6.45, 7) is 2.88. The van der Waals surface area contributed by atoms with Gasteiger partial charge in [0.05, 0.1) is 17.5 Å². The predicted octanol–water partition coefficient (Wildman–Crippen LogP) is 3.66. The van der Waals surface area contributed by atoms with Crippen molar-refractivity contribution in [2.75, 3.05) is 6.61 Å². The first-order valence-corrected chi connectivity index (χ1v) is 7.54. The van der Waals surface area contributed by atoms with E-state index in [0.29, 0.717) is 34.5 Å². The fourth-order valence-corrected chi connectivity index (χ4v) is 2.45. The zero-order chi connectivity index (χ0) is 16.2. The van der Waals surface area contributed by atoms with Gasteiger partial charge >= 0.3 is 0 Å². The number of rotatable bonds is 5. The van der Waals surface area contributed by atoms with Crippen LogP contribution in [-0.4, -0.2) is 16.6 Å². The number of nitrogens with zero attached hydrogens (tertiary/aromatic N) is 1. The molecule has 0 spiro atoms. The molecule has 0 bridgehead atoms. The second-order valence-electron chi connectivity index (χ2n) is 5.29. The third-order valence-corrected chi connectivity index (χ3v) is 3.54. The lowest BCUT2D eigenvalue weighted by atomic mass is 10.1. The smallest absolute Gasteiger partial charge is 0.259 e. The molecule has 23 heavy (non-hydrogen) atoms. The molecule has 3 rings (SSSR count). The molecule has 0 aliphatic rings. The lowest BCUT2D eigenvalue weighted by Gasteiger charge is -2.10. The Labute approximate surface area is 133 Å². The maximum Gasteiger partial charge on any atom is 0.259 e. The summed E-state index contributed by atoms with van der Waals surface area (Å²) < 4.78 is 19.1. The molecule has 0 radical (unpaired) electrons. The third-order valence-electron chi connectivity index (χ3n) is 3.54. The van der Waals surface area contributed by atoms with E-state index in [-0.39, 0.29) is 18.0 Å². The zero-order valence-electron chi connectivity index (χ0n) is 12.8. The minimum atomic E-state index is -0.341. The molecule has 0 amide bonds. The van der Waals surface area contributed by atoms with E-state index in [1.54, 1.807) is 24.3 Å². The summed E-state index contributed by atoms with van der Waals surface area (Å²) in [5.74, 6) is 0.0794. The van der Waals surface area contributed by atoms with Gasteiger partial charge in [-0.3, -0.25) is 4.79 Å². The van der Waals surface area contributed by atoms with Crippen LogP contribution in [0.5, 0.6) is 0 Å². The van der Waals surface area contributed by atoms with Crippen molar-refractivity contribution in [2.45, 2.75) is 20.0 Å². The van der Waals surface area contributed by atoms with E-state index in [0.717, 1.165) is 6.42 Å². The summed E-state index contributed by atoms with van der Waals surface area (Å²) in [6, 6.07) is 11.5. The summed E-state index contributed by atoms with van der Waals surface area (Å²) in [4.78, 5) is 19.5. The van der Waals surface area contributed by atoms with E-state index in [1.807, 2.05) is 13.0 Å². The summed E-state index contributed by atoms with van der Waals surface area (Å²) in [6.07, 6.45) is 0.885. The lowest BCUT2D eigenvalue weighted by Crippen LogP contribution is -2.10. The molecule has 0 unspecified atom stereocenters. The van der Waals surface area contributed by atoms with E-state index in [4.69, 9.17) is 4.74 Å². The molecule has 0 aliphatic heterocycles. The number of H-pyrrole nitrogens is 1. The van der Waals surface area contributed by atoms with E-state index >= 15 is 0 Å². The normalized spacial score (nSPS) is 11.0. The first-order valence-electron chi connectivity index (χ1n) is 7.54. The lowest BCUT2D eigenvalue weighted by molar-refractivity contribution is 0.121. The highest BCUT2D eigenvalue weighted by Crippen LogP contribution is 2.23. The first-order chi connectivity index (χ1) is 11.2. The van der Waals surface area contributed by atoms with Crippen molar-refractivity contribution in [1.82, 2.24) is 9.97 Å². The monoisotopic (exact) mass is 312 g/mol. The molecule has 4 nitrogen and oxygen atoms in total. The molecule has 0 saturated carbocycles. The van der Waals surface area contributed by atoms with Gasteiger partial charge < -0.3 is 9.72 Å². The number of ether oxygens (including phenoxy) is 1. The fourth-order valence-electron chi connectivity index (χ4n) is 2.45. The maximum atomic E-state index is 13.6. The van der Waals surface area contributed by atoms with Crippen molar-refractivity contribution in [3.8, 4) is 11.4 Å². The average Bonchev–Trinajstić information content (AvgIpc) is 2.55. The van der Waals surface area contributed by atoms with Gasteiger partial charge in [-0.05, 0) is 42.3 Å². The van der Waals surface area contributed by atoms with Crippen LogP contribution in [0.3, 0.4) is 0 Å². The predicted molar refractivity (Wildman–Crippen MR) is 87.7 cm³/mol. The Bertz CT molecular complexity index is 890. The van der Waals surface area contributed by atoms with E-state index < -0.39 is 0 Å². The molecule has 0 fully saturated rings. The summed E-state index contributed by atoms with van der Waals surface area (Å²) in [7, 11) is 0. The summed E-state index contributed by atoms with van der Waals surface area (Å²) in [5.41, 5.74) is 1.73. The topological polar surface area (TPSA) is 55.0 Å². The SMILES string of the molecule is CCCOCc1cc(F)ccc1-c1nc2ccccc2c(=O)[nH]1. The average molecular weight is 312 g/mol. The number of halogens is 1. The third kappa shape index (κ3) is 3.29. The van der Waals surface area contributed by atoms with Crippen LogP contribution in [0, 0.1) is 5.82 Å². The second kappa shape index (κ2) is 6.71. The number of hydrogen-bond donors (Lipinski definition) is 1. The van der Waals surface area contributed by atoms with Crippen LogP contribution < -0.4 is 5.56 Å². The number of benzene rings is 2. The molecule has 3 aromatic rings. The number of aromatic amines is 1. The van der Waals surface area contributed by atoms with Gasteiger partial charge in [0.15, 0.2) is 0 Å². The zero-order valence-corrected chi connectivity index (χ0v) is 12.8. The van der Waals surface area contributed by atoms with Gasteiger partial charge in [-0.1, -0.05) is 19.1 Å². The van der Waals surface area contributed by atoms with Gasteiger partial charge in [-0.15, -0.1) is 0 Å². The van der Waals surface area contributed by atoms with Crippen molar-refractivity contribution < 1.29 is 9.13 Å². The number of hydrogen-bond acceptors (Lipinski definition) is 3. The molecule has 0 saturated heterocycles. The minimum absolute atomic E-state index is 0.213.